The first-order chi connectivity index (χ1) is 14.6. The van der Waals surface area contributed by atoms with Crippen LogP contribution in [-0.4, -0.2) is 37.6 Å². The second-order valence-corrected chi connectivity index (χ2v) is 7.19. The van der Waals surface area contributed by atoms with Gasteiger partial charge in [0, 0.05) is 18.7 Å². The van der Waals surface area contributed by atoms with Crippen molar-refractivity contribution in [2.45, 2.75) is 20.4 Å². The van der Waals surface area contributed by atoms with E-state index in [1.165, 1.54) is 11.9 Å². The van der Waals surface area contributed by atoms with Crippen molar-refractivity contribution in [1.29, 1.82) is 0 Å². The maximum atomic E-state index is 13.4. The molecule has 4 rings (SSSR count). The van der Waals surface area contributed by atoms with Crippen molar-refractivity contribution in [3.05, 3.63) is 95.8 Å². The first-order valence-corrected chi connectivity index (χ1v) is 9.92. The van der Waals surface area contributed by atoms with Gasteiger partial charge in [0.1, 0.15) is 6.33 Å². The van der Waals surface area contributed by atoms with Gasteiger partial charge in [0.05, 0.1) is 5.69 Å². The minimum Gasteiger partial charge on any atom is -0.335 e. The molecule has 0 aliphatic rings. The second-order valence-electron chi connectivity index (χ2n) is 7.19. The van der Waals surface area contributed by atoms with Crippen LogP contribution in [0, 0.1) is 6.92 Å². The van der Waals surface area contributed by atoms with Gasteiger partial charge in [-0.05, 0) is 59.2 Å². The molecule has 0 fully saturated rings. The largest absolute Gasteiger partial charge is 0.335 e. The summed E-state index contributed by atoms with van der Waals surface area (Å²) in [4.78, 5) is 15.2. The molecular formula is C24H23N5O. The lowest BCUT2D eigenvalue weighted by Gasteiger charge is -2.22. The summed E-state index contributed by atoms with van der Waals surface area (Å²) in [6, 6.07) is 24.0. The summed E-state index contributed by atoms with van der Waals surface area (Å²) in [7, 11) is 0. The van der Waals surface area contributed by atoms with E-state index in [1.807, 2.05) is 60.4 Å². The Bertz CT molecular complexity index is 1120. The number of hydrogen-bond acceptors (Lipinski definition) is 4. The summed E-state index contributed by atoms with van der Waals surface area (Å²) in [5.74, 6) is -0.0235. The molecule has 3 aromatic carbocycles. The molecule has 6 nitrogen and oxygen atoms in total. The third kappa shape index (κ3) is 4.27. The van der Waals surface area contributed by atoms with Gasteiger partial charge >= 0.3 is 0 Å². The Balaban J connectivity index is 1.73. The molecule has 0 aliphatic carbocycles. The second kappa shape index (κ2) is 8.69. The Morgan fingerprint density at radius 1 is 0.967 bits per heavy atom. The van der Waals surface area contributed by atoms with E-state index in [0.717, 1.165) is 22.4 Å². The molecule has 0 unspecified atom stereocenters. The molecule has 0 radical (unpaired) electrons. The Hall–Kier alpha value is -3.80. The number of rotatable bonds is 6. The van der Waals surface area contributed by atoms with Crippen LogP contribution in [0.3, 0.4) is 0 Å². The van der Waals surface area contributed by atoms with Crippen molar-refractivity contribution >= 4 is 5.91 Å². The van der Waals surface area contributed by atoms with Gasteiger partial charge in [0.15, 0.2) is 0 Å². The van der Waals surface area contributed by atoms with Crippen molar-refractivity contribution in [3.63, 3.8) is 0 Å². The standard InChI is InChI=1S/C24H23N5O/c1-3-28(16-19-7-5-4-6-8-19)24(30)22-13-21(20-11-9-18(2)10-12-20)14-23(15-22)29-17-25-26-27-29/h4-15,17H,3,16H2,1-2H3. The number of tetrazole rings is 1. The summed E-state index contributed by atoms with van der Waals surface area (Å²) in [6.45, 7) is 5.22. The van der Waals surface area contributed by atoms with E-state index in [-0.39, 0.29) is 5.91 Å². The molecule has 6 heteroatoms. The number of carbonyl (C=O) groups is 1. The van der Waals surface area contributed by atoms with Crippen molar-refractivity contribution < 1.29 is 4.79 Å². The Morgan fingerprint density at radius 3 is 2.40 bits per heavy atom. The van der Waals surface area contributed by atoms with Crippen molar-refractivity contribution in [1.82, 2.24) is 25.1 Å². The molecule has 1 heterocycles. The molecular weight excluding hydrogens is 374 g/mol. The predicted molar refractivity (Wildman–Crippen MR) is 116 cm³/mol. The number of amides is 1. The lowest BCUT2D eigenvalue weighted by molar-refractivity contribution is 0.0752. The van der Waals surface area contributed by atoms with Crippen LogP contribution in [0.1, 0.15) is 28.4 Å². The molecule has 0 saturated carbocycles. The normalized spacial score (nSPS) is 10.7. The fraction of sp³-hybridized carbons (Fsp3) is 0.167. The molecule has 30 heavy (non-hydrogen) atoms. The zero-order chi connectivity index (χ0) is 20.9. The lowest BCUT2D eigenvalue weighted by Crippen LogP contribution is -2.30. The minimum absolute atomic E-state index is 0.0235. The van der Waals surface area contributed by atoms with Crippen molar-refractivity contribution in [3.8, 4) is 16.8 Å². The maximum Gasteiger partial charge on any atom is 0.254 e. The van der Waals surface area contributed by atoms with E-state index in [1.54, 1.807) is 4.68 Å². The smallest absolute Gasteiger partial charge is 0.254 e. The molecule has 0 N–H and O–H groups in total. The van der Waals surface area contributed by atoms with E-state index in [2.05, 4.69) is 46.7 Å². The summed E-state index contributed by atoms with van der Waals surface area (Å²) >= 11 is 0. The van der Waals surface area contributed by atoms with Crippen LogP contribution >= 0.6 is 0 Å². The summed E-state index contributed by atoms with van der Waals surface area (Å²) < 4.78 is 1.57. The van der Waals surface area contributed by atoms with Gasteiger partial charge in [-0.15, -0.1) is 5.10 Å². The van der Waals surface area contributed by atoms with Crippen LogP contribution < -0.4 is 0 Å². The van der Waals surface area contributed by atoms with Crippen LogP contribution in [0.2, 0.25) is 0 Å². The van der Waals surface area contributed by atoms with Gasteiger partial charge in [-0.2, -0.15) is 0 Å². The van der Waals surface area contributed by atoms with Crippen LogP contribution in [0.5, 0.6) is 0 Å². The monoisotopic (exact) mass is 397 g/mol. The Labute approximate surface area is 175 Å². The SMILES string of the molecule is CCN(Cc1ccccc1)C(=O)c1cc(-c2ccc(C)cc2)cc(-n2cnnn2)c1. The molecule has 0 aliphatic heterocycles. The summed E-state index contributed by atoms with van der Waals surface area (Å²) in [5.41, 5.74) is 5.63. The fourth-order valence-corrected chi connectivity index (χ4v) is 3.37. The summed E-state index contributed by atoms with van der Waals surface area (Å²) in [5, 5.41) is 11.5. The number of aromatic nitrogens is 4. The van der Waals surface area contributed by atoms with E-state index in [4.69, 9.17) is 0 Å². The third-order valence-corrected chi connectivity index (χ3v) is 5.05. The third-order valence-electron chi connectivity index (χ3n) is 5.05. The first-order valence-electron chi connectivity index (χ1n) is 9.92. The molecule has 150 valence electrons. The Morgan fingerprint density at radius 2 is 1.73 bits per heavy atom. The number of benzene rings is 3. The average molecular weight is 397 g/mol. The molecule has 0 spiro atoms. The number of aryl methyl sites for hydroxylation is 1. The fourth-order valence-electron chi connectivity index (χ4n) is 3.37. The maximum absolute atomic E-state index is 13.4. The highest BCUT2D eigenvalue weighted by atomic mass is 16.2. The average Bonchev–Trinajstić information content (AvgIpc) is 3.33. The van der Waals surface area contributed by atoms with Gasteiger partial charge in [-0.1, -0.05) is 60.2 Å². The highest BCUT2D eigenvalue weighted by Gasteiger charge is 2.17. The van der Waals surface area contributed by atoms with Crippen LogP contribution in [-0.2, 0) is 6.54 Å². The first kappa shape index (κ1) is 19.5. The van der Waals surface area contributed by atoms with E-state index in [9.17, 15) is 4.79 Å². The van der Waals surface area contributed by atoms with Gasteiger partial charge in [-0.25, -0.2) is 4.68 Å². The van der Waals surface area contributed by atoms with Gasteiger partial charge in [0.25, 0.3) is 5.91 Å². The highest BCUT2D eigenvalue weighted by molar-refractivity contribution is 5.96. The topological polar surface area (TPSA) is 63.9 Å². The van der Waals surface area contributed by atoms with Crippen LogP contribution in [0.15, 0.2) is 79.1 Å². The lowest BCUT2D eigenvalue weighted by atomic mass is 10.00. The van der Waals surface area contributed by atoms with Crippen LogP contribution in [0.4, 0.5) is 0 Å². The van der Waals surface area contributed by atoms with E-state index in [0.29, 0.717) is 18.7 Å². The molecule has 0 saturated heterocycles. The molecule has 4 aromatic rings. The molecule has 1 amide bonds. The number of nitrogens with zero attached hydrogens (tertiary/aromatic N) is 5. The van der Waals surface area contributed by atoms with Gasteiger partial charge < -0.3 is 4.90 Å². The van der Waals surface area contributed by atoms with Gasteiger partial charge in [0.2, 0.25) is 0 Å². The summed E-state index contributed by atoms with van der Waals surface area (Å²) in [6.07, 6.45) is 1.53. The highest BCUT2D eigenvalue weighted by Crippen LogP contribution is 2.25. The zero-order valence-corrected chi connectivity index (χ0v) is 17.1. The minimum atomic E-state index is -0.0235. The van der Waals surface area contributed by atoms with Crippen molar-refractivity contribution in [2.75, 3.05) is 6.54 Å². The molecule has 0 atom stereocenters. The van der Waals surface area contributed by atoms with Crippen molar-refractivity contribution in [2.24, 2.45) is 0 Å². The van der Waals surface area contributed by atoms with E-state index < -0.39 is 0 Å². The number of carbonyl (C=O) groups excluding carboxylic acids is 1. The van der Waals surface area contributed by atoms with Crippen LogP contribution in [0.25, 0.3) is 16.8 Å². The number of hydrogen-bond donors (Lipinski definition) is 0. The Kier molecular flexibility index (Phi) is 5.66. The molecule has 1 aromatic heterocycles. The molecule has 0 bridgehead atoms. The van der Waals surface area contributed by atoms with E-state index >= 15 is 0 Å². The quantitative estimate of drug-likeness (QED) is 0.487. The van der Waals surface area contributed by atoms with Gasteiger partial charge in [-0.3, -0.25) is 4.79 Å². The predicted octanol–water partition coefficient (Wildman–Crippen LogP) is 4.30. The zero-order valence-electron chi connectivity index (χ0n) is 17.1.